The first kappa shape index (κ1) is 32.7. The number of hydrogen-bond donors (Lipinski definition) is 1. The van der Waals surface area contributed by atoms with E-state index in [2.05, 4.69) is 30.1 Å². The summed E-state index contributed by atoms with van der Waals surface area (Å²) in [6.45, 7) is 7.72. The van der Waals surface area contributed by atoms with Crippen molar-refractivity contribution in [2.24, 2.45) is 0 Å². The van der Waals surface area contributed by atoms with Crippen molar-refractivity contribution in [2.75, 3.05) is 57.0 Å². The van der Waals surface area contributed by atoms with Gasteiger partial charge >= 0.3 is 6.18 Å². The van der Waals surface area contributed by atoms with Crippen molar-refractivity contribution in [3.8, 4) is 17.0 Å². The second-order valence-electron chi connectivity index (χ2n) is 12.3. The van der Waals surface area contributed by atoms with Gasteiger partial charge in [0.25, 0.3) is 5.85 Å². The average Bonchev–Trinajstić information content (AvgIpc) is 2.96. The molecule has 8 nitrogen and oxygen atoms in total. The molecule has 1 unspecified atom stereocenters. The molecule has 0 radical (unpaired) electrons. The van der Waals surface area contributed by atoms with Gasteiger partial charge in [-0.25, -0.2) is 23.7 Å². The molecule has 1 fully saturated rings. The van der Waals surface area contributed by atoms with Crippen LogP contribution in [0.25, 0.3) is 11.3 Å². The maximum atomic E-state index is 15.2. The fourth-order valence-corrected chi connectivity index (χ4v) is 5.77. The minimum atomic E-state index is -4.70. The third kappa shape index (κ3) is 7.43. The molecule has 0 bridgehead atoms. The van der Waals surface area contributed by atoms with Crippen molar-refractivity contribution in [1.82, 2.24) is 24.8 Å². The van der Waals surface area contributed by atoms with Crippen LogP contribution < -0.4 is 15.0 Å². The van der Waals surface area contributed by atoms with Crippen molar-refractivity contribution in [3.05, 3.63) is 53.4 Å². The quantitative estimate of drug-likeness (QED) is 0.277. The lowest BCUT2D eigenvalue weighted by Gasteiger charge is -2.40. The zero-order valence-corrected chi connectivity index (χ0v) is 25.9. The number of rotatable bonds is 8. The number of piperidine rings is 1. The molecule has 45 heavy (non-hydrogen) atoms. The van der Waals surface area contributed by atoms with E-state index in [0.29, 0.717) is 25.9 Å². The van der Waals surface area contributed by atoms with Gasteiger partial charge in [0.1, 0.15) is 17.2 Å². The number of ether oxygens (including phenoxy) is 1. The number of likely N-dealkylation sites (tertiary alicyclic amines) is 1. The summed E-state index contributed by atoms with van der Waals surface area (Å²) in [6, 6.07) is 5.00. The summed E-state index contributed by atoms with van der Waals surface area (Å²) in [4.78, 5) is 17.8. The summed E-state index contributed by atoms with van der Waals surface area (Å²) >= 11 is 0. The van der Waals surface area contributed by atoms with Gasteiger partial charge in [-0.05, 0) is 83.6 Å². The molecule has 0 spiro atoms. The molecule has 5 rings (SSSR count). The molecular weight excluding hydrogens is 600 g/mol. The van der Waals surface area contributed by atoms with Crippen LogP contribution >= 0.6 is 0 Å². The fraction of sp³-hybridized carbons (Fsp3) is 0.516. The SMILES string of the molecule is CC(C)N1CC(C)(F)Oc2c(F)cc(-c3nc(Nc4ccc(C5CCN(CCN(C)C)CC5)c(C(F)(F)F)n4)ncc3F)cc21. The number of anilines is 3. The minimum absolute atomic E-state index is 0.0159. The monoisotopic (exact) mass is 637 g/mol. The number of alkyl halides is 4. The predicted octanol–water partition coefficient (Wildman–Crippen LogP) is 6.61. The molecule has 1 aromatic carbocycles. The molecule has 1 atom stereocenters. The number of aromatic nitrogens is 3. The summed E-state index contributed by atoms with van der Waals surface area (Å²) < 4.78 is 92.8. The van der Waals surface area contributed by atoms with Crippen LogP contribution in [0.2, 0.25) is 0 Å². The Bertz CT molecular complexity index is 1520. The maximum Gasteiger partial charge on any atom is 0.433 e. The van der Waals surface area contributed by atoms with Gasteiger partial charge in [0, 0.05) is 31.6 Å². The Hall–Kier alpha value is -3.65. The Morgan fingerprint density at radius 1 is 1.09 bits per heavy atom. The van der Waals surface area contributed by atoms with Gasteiger partial charge in [0.2, 0.25) is 5.95 Å². The van der Waals surface area contributed by atoms with E-state index in [0.717, 1.165) is 25.4 Å². The van der Waals surface area contributed by atoms with E-state index in [-0.39, 0.29) is 58.5 Å². The maximum absolute atomic E-state index is 15.2. The van der Waals surface area contributed by atoms with Gasteiger partial charge < -0.3 is 24.8 Å². The fourth-order valence-electron chi connectivity index (χ4n) is 5.77. The van der Waals surface area contributed by atoms with Crippen LogP contribution in [0, 0.1) is 11.6 Å². The number of nitrogens with one attached hydrogen (secondary N) is 1. The molecule has 4 heterocycles. The van der Waals surface area contributed by atoms with Gasteiger partial charge in [-0.15, -0.1) is 0 Å². The molecule has 2 aliphatic rings. The van der Waals surface area contributed by atoms with Crippen LogP contribution in [0.4, 0.5) is 43.8 Å². The predicted molar refractivity (Wildman–Crippen MR) is 159 cm³/mol. The molecule has 14 heteroatoms. The number of pyridine rings is 1. The van der Waals surface area contributed by atoms with E-state index < -0.39 is 29.4 Å². The summed E-state index contributed by atoms with van der Waals surface area (Å²) in [5, 5.41) is 2.64. The number of hydrogen-bond acceptors (Lipinski definition) is 8. The highest BCUT2D eigenvalue weighted by atomic mass is 19.4. The molecule has 1 N–H and O–H groups in total. The van der Waals surface area contributed by atoms with E-state index in [1.807, 2.05) is 14.1 Å². The van der Waals surface area contributed by atoms with Crippen LogP contribution in [0.3, 0.4) is 0 Å². The number of benzene rings is 1. The van der Waals surface area contributed by atoms with Crippen molar-refractivity contribution in [3.63, 3.8) is 0 Å². The Morgan fingerprint density at radius 2 is 1.80 bits per heavy atom. The first-order valence-electron chi connectivity index (χ1n) is 14.8. The highest BCUT2D eigenvalue weighted by molar-refractivity contribution is 5.73. The highest BCUT2D eigenvalue weighted by Crippen LogP contribution is 2.44. The zero-order chi connectivity index (χ0) is 32.7. The number of likely N-dealkylation sites (N-methyl/N-ethyl adjacent to an activating group) is 1. The summed E-state index contributed by atoms with van der Waals surface area (Å²) in [6.07, 6.45) is -2.71. The molecule has 244 valence electrons. The second-order valence-corrected chi connectivity index (χ2v) is 12.3. The van der Waals surface area contributed by atoms with E-state index in [1.165, 1.54) is 25.1 Å². The van der Waals surface area contributed by atoms with E-state index >= 15 is 4.39 Å². The largest absolute Gasteiger partial charge is 0.451 e. The van der Waals surface area contributed by atoms with Crippen LogP contribution in [-0.4, -0.2) is 83.5 Å². The molecule has 1 saturated heterocycles. The zero-order valence-electron chi connectivity index (χ0n) is 25.9. The summed E-state index contributed by atoms with van der Waals surface area (Å²) in [5.74, 6) is -4.96. The first-order chi connectivity index (χ1) is 21.1. The molecular formula is C31H37F6N7O. The normalized spacial score (nSPS) is 19.6. The highest BCUT2D eigenvalue weighted by Gasteiger charge is 2.40. The summed E-state index contributed by atoms with van der Waals surface area (Å²) in [7, 11) is 3.96. The van der Waals surface area contributed by atoms with Crippen LogP contribution in [0.1, 0.15) is 50.8 Å². The average molecular weight is 638 g/mol. The van der Waals surface area contributed by atoms with Crippen LogP contribution in [0.15, 0.2) is 30.5 Å². The van der Waals surface area contributed by atoms with Gasteiger partial charge in [-0.2, -0.15) is 17.6 Å². The Morgan fingerprint density at radius 3 is 2.44 bits per heavy atom. The van der Waals surface area contributed by atoms with Crippen molar-refractivity contribution in [1.29, 1.82) is 0 Å². The first-order valence-corrected chi connectivity index (χ1v) is 14.8. The van der Waals surface area contributed by atoms with Gasteiger partial charge in [0.15, 0.2) is 17.4 Å². The minimum Gasteiger partial charge on any atom is -0.451 e. The van der Waals surface area contributed by atoms with Crippen molar-refractivity contribution in [2.45, 2.75) is 57.6 Å². The van der Waals surface area contributed by atoms with Crippen molar-refractivity contribution < 1.29 is 31.1 Å². The van der Waals surface area contributed by atoms with Crippen LogP contribution in [0.5, 0.6) is 5.75 Å². The lowest BCUT2D eigenvalue weighted by atomic mass is 9.88. The van der Waals surface area contributed by atoms with E-state index in [9.17, 15) is 22.0 Å². The topological polar surface area (TPSA) is 69.7 Å². The molecule has 2 aromatic heterocycles. The third-order valence-corrected chi connectivity index (χ3v) is 8.07. The Kier molecular flexibility index (Phi) is 9.18. The molecule has 0 saturated carbocycles. The lowest BCUT2D eigenvalue weighted by molar-refractivity contribution is -0.142. The van der Waals surface area contributed by atoms with Gasteiger partial charge in [-0.3, -0.25) is 0 Å². The van der Waals surface area contributed by atoms with Gasteiger partial charge in [-0.1, -0.05) is 6.07 Å². The van der Waals surface area contributed by atoms with E-state index in [4.69, 9.17) is 4.74 Å². The molecule has 3 aromatic rings. The van der Waals surface area contributed by atoms with Crippen molar-refractivity contribution >= 4 is 17.5 Å². The standard InChI is InChI=1S/C31H37F6N7O/c1-18(2)44-17-30(3,34)45-27-22(32)14-20(15-24(27)44)26-23(33)16-38-29(41-26)40-25-7-6-21(28(39-25)31(35,36)37)19-8-10-43(11-9-19)13-12-42(4)5/h6-7,14-16,18-19H,8-13,17H2,1-5H3,(H,38,39,40,41). The number of halogens is 6. The molecule has 0 amide bonds. The van der Waals surface area contributed by atoms with E-state index in [1.54, 1.807) is 18.7 Å². The molecule has 0 aliphatic carbocycles. The molecule has 2 aliphatic heterocycles. The van der Waals surface area contributed by atoms with Crippen LogP contribution in [-0.2, 0) is 6.18 Å². The smallest absolute Gasteiger partial charge is 0.433 e. The number of nitrogens with zero attached hydrogens (tertiary/aromatic N) is 6. The number of fused-ring (bicyclic) bond motifs is 1. The summed E-state index contributed by atoms with van der Waals surface area (Å²) in [5.41, 5.74) is -0.931. The van der Waals surface area contributed by atoms with Gasteiger partial charge in [0.05, 0.1) is 18.4 Å². The third-order valence-electron chi connectivity index (χ3n) is 8.07. The lowest BCUT2D eigenvalue weighted by Crippen LogP contribution is -2.49. The Labute approximate surface area is 258 Å². The second kappa shape index (κ2) is 12.6. The Balaban J connectivity index is 1.41.